The second kappa shape index (κ2) is 6.46. The molecule has 0 aliphatic heterocycles. The SMILES string of the molecule is CC(C)(C)[C@](CO)(Cc1ccccc1)O[Si](C)(C)C(C)(C)C. The molecule has 0 spiro atoms. The van der Waals surface area contributed by atoms with Gasteiger partial charge in [-0.2, -0.15) is 0 Å². The number of rotatable bonds is 5. The van der Waals surface area contributed by atoms with Gasteiger partial charge in [-0.05, 0) is 29.1 Å². The molecule has 3 heteroatoms. The summed E-state index contributed by atoms with van der Waals surface area (Å²) < 4.78 is 6.80. The van der Waals surface area contributed by atoms with Gasteiger partial charge in [-0.1, -0.05) is 71.9 Å². The van der Waals surface area contributed by atoms with Crippen molar-refractivity contribution in [3.8, 4) is 0 Å². The van der Waals surface area contributed by atoms with E-state index in [9.17, 15) is 5.11 Å². The van der Waals surface area contributed by atoms with E-state index >= 15 is 0 Å². The van der Waals surface area contributed by atoms with Gasteiger partial charge in [0.25, 0.3) is 0 Å². The summed E-state index contributed by atoms with van der Waals surface area (Å²) in [4.78, 5) is 0. The number of aliphatic hydroxyl groups is 1. The Morgan fingerprint density at radius 2 is 1.45 bits per heavy atom. The van der Waals surface area contributed by atoms with Crippen molar-refractivity contribution in [2.75, 3.05) is 6.61 Å². The topological polar surface area (TPSA) is 29.5 Å². The van der Waals surface area contributed by atoms with Crippen LogP contribution in [-0.2, 0) is 10.8 Å². The molecule has 2 nitrogen and oxygen atoms in total. The van der Waals surface area contributed by atoms with E-state index in [0.29, 0.717) is 0 Å². The molecule has 0 unspecified atom stereocenters. The van der Waals surface area contributed by atoms with Gasteiger partial charge in [0.05, 0.1) is 12.2 Å². The fourth-order valence-electron chi connectivity index (χ4n) is 2.35. The van der Waals surface area contributed by atoms with Crippen LogP contribution in [0.25, 0.3) is 0 Å². The lowest BCUT2D eigenvalue weighted by molar-refractivity contribution is -0.0821. The summed E-state index contributed by atoms with van der Waals surface area (Å²) in [7, 11) is -1.98. The molecule has 1 rings (SSSR count). The van der Waals surface area contributed by atoms with Gasteiger partial charge in [-0.15, -0.1) is 0 Å². The average Bonchev–Trinajstić information content (AvgIpc) is 2.36. The van der Waals surface area contributed by atoms with Crippen molar-refractivity contribution in [2.24, 2.45) is 5.41 Å². The molecule has 22 heavy (non-hydrogen) atoms. The maximum atomic E-state index is 10.3. The van der Waals surface area contributed by atoms with Crippen LogP contribution in [0.3, 0.4) is 0 Å². The van der Waals surface area contributed by atoms with Crippen molar-refractivity contribution in [1.29, 1.82) is 0 Å². The summed E-state index contributed by atoms with van der Waals surface area (Å²) in [6.07, 6.45) is 0.736. The van der Waals surface area contributed by atoms with E-state index in [0.717, 1.165) is 6.42 Å². The first-order valence-electron chi connectivity index (χ1n) is 8.20. The molecule has 1 N–H and O–H groups in total. The molecule has 1 atom stereocenters. The lowest BCUT2D eigenvalue weighted by atomic mass is 9.73. The maximum Gasteiger partial charge on any atom is 0.192 e. The van der Waals surface area contributed by atoms with Crippen molar-refractivity contribution < 1.29 is 9.53 Å². The lowest BCUT2D eigenvalue weighted by Crippen LogP contribution is -2.58. The van der Waals surface area contributed by atoms with E-state index < -0.39 is 13.9 Å². The minimum absolute atomic E-state index is 0.0396. The van der Waals surface area contributed by atoms with Crippen LogP contribution in [0.1, 0.15) is 47.1 Å². The van der Waals surface area contributed by atoms with E-state index in [4.69, 9.17) is 4.43 Å². The first-order chi connectivity index (χ1) is 9.85. The van der Waals surface area contributed by atoms with Crippen LogP contribution in [0.2, 0.25) is 18.1 Å². The Labute approximate surface area is 138 Å². The molecule has 0 radical (unpaired) electrons. The van der Waals surface area contributed by atoms with E-state index in [1.807, 2.05) is 18.2 Å². The van der Waals surface area contributed by atoms with Crippen molar-refractivity contribution >= 4 is 8.32 Å². The highest BCUT2D eigenvalue weighted by Crippen LogP contribution is 2.45. The normalized spacial score (nSPS) is 16.4. The number of aliphatic hydroxyl groups excluding tert-OH is 1. The molecular formula is C19H34O2Si. The van der Waals surface area contributed by atoms with Gasteiger partial charge in [0.1, 0.15) is 0 Å². The van der Waals surface area contributed by atoms with E-state index in [1.54, 1.807) is 0 Å². The molecule has 0 saturated carbocycles. The standard InChI is InChI=1S/C19H34O2Si/c1-17(2,3)19(15-20,14-16-12-10-9-11-13-16)21-22(7,8)18(4,5)6/h9-13,20H,14-15H2,1-8H3/t19-/m1/s1. The first kappa shape index (κ1) is 19.4. The quantitative estimate of drug-likeness (QED) is 0.771. The largest absolute Gasteiger partial charge is 0.408 e. The number of hydrogen-bond donors (Lipinski definition) is 1. The van der Waals surface area contributed by atoms with Gasteiger partial charge in [0.2, 0.25) is 0 Å². The second-order valence-electron chi connectivity index (χ2n) is 8.93. The van der Waals surface area contributed by atoms with Crippen molar-refractivity contribution in [1.82, 2.24) is 0 Å². The first-order valence-corrected chi connectivity index (χ1v) is 11.1. The summed E-state index contributed by atoms with van der Waals surface area (Å²) in [6, 6.07) is 10.4. The third-order valence-electron chi connectivity index (χ3n) is 5.21. The highest BCUT2D eigenvalue weighted by molar-refractivity contribution is 6.74. The Morgan fingerprint density at radius 3 is 1.82 bits per heavy atom. The van der Waals surface area contributed by atoms with Gasteiger partial charge in [-0.3, -0.25) is 0 Å². The molecule has 126 valence electrons. The Hall–Kier alpha value is -0.643. The minimum atomic E-state index is -1.98. The molecule has 0 fully saturated rings. The van der Waals surface area contributed by atoms with Gasteiger partial charge < -0.3 is 9.53 Å². The lowest BCUT2D eigenvalue weighted by Gasteiger charge is -2.51. The fourth-order valence-corrected chi connectivity index (χ4v) is 4.07. The van der Waals surface area contributed by atoms with Crippen molar-refractivity contribution in [3.63, 3.8) is 0 Å². The smallest absolute Gasteiger partial charge is 0.192 e. The Bertz CT molecular complexity index is 468. The summed E-state index contributed by atoms with van der Waals surface area (Å²) in [5, 5.41) is 10.4. The van der Waals surface area contributed by atoms with Crippen LogP contribution in [0.15, 0.2) is 30.3 Å². The molecule has 0 aromatic heterocycles. The summed E-state index contributed by atoms with van der Waals surface area (Å²) >= 11 is 0. The zero-order valence-corrected chi connectivity index (χ0v) is 16.7. The highest BCUT2D eigenvalue weighted by Gasteiger charge is 2.50. The van der Waals surface area contributed by atoms with E-state index in [-0.39, 0.29) is 17.1 Å². The number of hydrogen-bond acceptors (Lipinski definition) is 2. The van der Waals surface area contributed by atoms with Crippen molar-refractivity contribution in [2.45, 2.75) is 71.7 Å². The number of benzene rings is 1. The van der Waals surface area contributed by atoms with E-state index in [2.05, 4.69) is 66.8 Å². The predicted molar refractivity (Wildman–Crippen MR) is 97.7 cm³/mol. The highest BCUT2D eigenvalue weighted by atomic mass is 28.4. The van der Waals surface area contributed by atoms with Crippen molar-refractivity contribution in [3.05, 3.63) is 35.9 Å². The Balaban J connectivity index is 3.24. The fraction of sp³-hybridized carbons (Fsp3) is 0.684. The second-order valence-corrected chi connectivity index (χ2v) is 13.7. The molecular weight excluding hydrogens is 288 g/mol. The summed E-state index contributed by atoms with van der Waals surface area (Å²) in [6.45, 7) is 17.8. The molecule has 0 aliphatic rings. The van der Waals surface area contributed by atoms with E-state index in [1.165, 1.54) is 5.56 Å². The molecule has 0 heterocycles. The molecule has 0 aliphatic carbocycles. The van der Waals surface area contributed by atoms with Crippen LogP contribution in [0.4, 0.5) is 0 Å². The zero-order chi connectivity index (χ0) is 17.2. The Morgan fingerprint density at radius 1 is 0.955 bits per heavy atom. The van der Waals surface area contributed by atoms with Crippen LogP contribution in [-0.4, -0.2) is 25.6 Å². The Kier molecular flexibility index (Phi) is 5.70. The predicted octanol–water partition coefficient (Wildman–Crippen LogP) is 5.03. The van der Waals surface area contributed by atoms with Gasteiger partial charge in [0.15, 0.2) is 8.32 Å². The summed E-state index contributed by atoms with van der Waals surface area (Å²) in [5.74, 6) is 0. The summed E-state index contributed by atoms with van der Waals surface area (Å²) in [5.41, 5.74) is 0.509. The molecule has 1 aromatic carbocycles. The average molecular weight is 323 g/mol. The van der Waals surface area contributed by atoms with Gasteiger partial charge in [-0.25, -0.2) is 0 Å². The van der Waals surface area contributed by atoms with Crippen LogP contribution in [0.5, 0.6) is 0 Å². The van der Waals surface area contributed by atoms with Gasteiger partial charge in [0, 0.05) is 6.42 Å². The molecule has 0 saturated heterocycles. The zero-order valence-electron chi connectivity index (χ0n) is 15.7. The van der Waals surface area contributed by atoms with Crippen LogP contribution in [0, 0.1) is 5.41 Å². The molecule has 1 aromatic rings. The molecule has 0 bridgehead atoms. The van der Waals surface area contributed by atoms with Crippen LogP contribution < -0.4 is 0 Å². The monoisotopic (exact) mass is 322 g/mol. The third kappa shape index (κ3) is 4.21. The maximum absolute atomic E-state index is 10.3. The third-order valence-corrected chi connectivity index (χ3v) is 9.72. The molecule has 0 amide bonds. The van der Waals surface area contributed by atoms with Gasteiger partial charge >= 0.3 is 0 Å². The minimum Gasteiger partial charge on any atom is -0.408 e. The van der Waals surface area contributed by atoms with Crippen LogP contribution >= 0.6 is 0 Å².